The summed E-state index contributed by atoms with van der Waals surface area (Å²) in [4.78, 5) is 12.6. The van der Waals surface area contributed by atoms with Gasteiger partial charge in [-0.2, -0.15) is 0 Å². The molecule has 132 valence electrons. The lowest BCUT2D eigenvalue weighted by Crippen LogP contribution is -2.08. The van der Waals surface area contributed by atoms with Crippen LogP contribution in [0.4, 0.5) is 23.1 Å². The van der Waals surface area contributed by atoms with Gasteiger partial charge in [-0.05, 0) is 45.8 Å². The fourth-order valence-corrected chi connectivity index (χ4v) is 2.68. The molecule has 3 aromatic rings. The van der Waals surface area contributed by atoms with E-state index in [1.807, 2.05) is 30.3 Å². The molecular weight excluding hydrogens is 400 g/mol. The van der Waals surface area contributed by atoms with Gasteiger partial charge in [-0.1, -0.05) is 6.07 Å². The number of nitrogen functional groups attached to an aromatic ring is 1. The molecule has 9 heteroatoms. The highest BCUT2D eigenvalue weighted by atomic mass is 79.9. The average Bonchev–Trinajstić information content (AvgIpc) is 3.12. The number of benzene rings is 1. The van der Waals surface area contributed by atoms with Crippen LogP contribution >= 0.6 is 15.9 Å². The Morgan fingerprint density at radius 2 is 1.88 bits per heavy atom. The Labute approximate surface area is 157 Å². The van der Waals surface area contributed by atoms with Crippen molar-refractivity contribution in [2.75, 3.05) is 23.2 Å². The molecule has 2 aromatic heterocycles. The third-order valence-electron chi connectivity index (χ3n) is 3.75. The van der Waals surface area contributed by atoms with E-state index in [-0.39, 0.29) is 6.79 Å². The Morgan fingerprint density at radius 1 is 1.04 bits per heavy atom. The van der Waals surface area contributed by atoms with Gasteiger partial charge in [0.15, 0.2) is 23.1 Å². The molecule has 0 amide bonds. The van der Waals surface area contributed by atoms with Crippen molar-refractivity contribution in [1.82, 2.24) is 15.0 Å². The van der Waals surface area contributed by atoms with E-state index in [0.29, 0.717) is 29.7 Å². The second kappa shape index (κ2) is 7.04. The maximum Gasteiger partial charge on any atom is 0.231 e. The van der Waals surface area contributed by atoms with Crippen LogP contribution in [-0.2, 0) is 6.54 Å². The summed E-state index contributed by atoms with van der Waals surface area (Å²) < 4.78 is 11.6. The minimum absolute atomic E-state index is 0.254. The van der Waals surface area contributed by atoms with Crippen molar-refractivity contribution in [3.8, 4) is 11.5 Å². The molecule has 0 saturated carbocycles. The number of halogens is 1. The molecule has 0 saturated heterocycles. The minimum atomic E-state index is 0.254. The molecule has 0 aliphatic carbocycles. The normalized spacial score (nSPS) is 12.0. The SMILES string of the molecule is Nc1c(NCc2ccc3c(c2)OCO3)ncnc1Nc1ccc(Br)cn1. The number of hydrogen-bond donors (Lipinski definition) is 3. The molecule has 3 heterocycles. The fourth-order valence-electron chi connectivity index (χ4n) is 2.44. The molecule has 4 rings (SSSR count). The second-order valence-corrected chi connectivity index (χ2v) is 6.43. The van der Waals surface area contributed by atoms with Gasteiger partial charge in [-0.3, -0.25) is 0 Å². The molecule has 0 radical (unpaired) electrons. The fraction of sp³-hybridized carbons (Fsp3) is 0.118. The number of rotatable bonds is 5. The van der Waals surface area contributed by atoms with Crippen molar-refractivity contribution < 1.29 is 9.47 Å². The number of anilines is 4. The highest BCUT2D eigenvalue weighted by Crippen LogP contribution is 2.33. The van der Waals surface area contributed by atoms with E-state index >= 15 is 0 Å². The summed E-state index contributed by atoms with van der Waals surface area (Å²) in [6.07, 6.45) is 3.14. The summed E-state index contributed by atoms with van der Waals surface area (Å²) in [5.74, 6) is 3.16. The lowest BCUT2D eigenvalue weighted by Gasteiger charge is -2.12. The number of nitrogens with two attached hydrogens (primary N) is 1. The third-order valence-corrected chi connectivity index (χ3v) is 4.22. The van der Waals surface area contributed by atoms with Crippen LogP contribution in [0.3, 0.4) is 0 Å². The second-order valence-electron chi connectivity index (χ2n) is 5.51. The monoisotopic (exact) mass is 414 g/mol. The zero-order valence-electron chi connectivity index (χ0n) is 13.6. The number of fused-ring (bicyclic) bond motifs is 1. The van der Waals surface area contributed by atoms with E-state index in [2.05, 4.69) is 41.5 Å². The van der Waals surface area contributed by atoms with E-state index in [4.69, 9.17) is 15.2 Å². The lowest BCUT2D eigenvalue weighted by atomic mass is 10.2. The maximum atomic E-state index is 6.18. The van der Waals surface area contributed by atoms with Gasteiger partial charge in [-0.25, -0.2) is 15.0 Å². The van der Waals surface area contributed by atoms with Crippen LogP contribution in [0.15, 0.2) is 47.3 Å². The topological polar surface area (TPSA) is 107 Å². The zero-order chi connectivity index (χ0) is 17.9. The van der Waals surface area contributed by atoms with E-state index in [1.54, 1.807) is 6.20 Å². The van der Waals surface area contributed by atoms with Gasteiger partial charge in [0.1, 0.15) is 17.8 Å². The largest absolute Gasteiger partial charge is 0.454 e. The van der Waals surface area contributed by atoms with Gasteiger partial charge in [0.05, 0.1) is 0 Å². The van der Waals surface area contributed by atoms with E-state index in [9.17, 15) is 0 Å². The van der Waals surface area contributed by atoms with Gasteiger partial charge in [-0.15, -0.1) is 0 Å². The van der Waals surface area contributed by atoms with Gasteiger partial charge in [0.25, 0.3) is 0 Å². The van der Waals surface area contributed by atoms with E-state index in [1.165, 1.54) is 6.33 Å². The molecule has 0 atom stereocenters. The van der Waals surface area contributed by atoms with Crippen LogP contribution < -0.4 is 25.8 Å². The lowest BCUT2D eigenvalue weighted by molar-refractivity contribution is 0.174. The maximum absolute atomic E-state index is 6.18. The molecule has 26 heavy (non-hydrogen) atoms. The van der Waals surface area contributed by atoms with Crippen molar-refractivity contribution >= 4 is 39.1 Å². The highest BCUT2D eigenvalue weighted by Gasteiger charge is 2.14. The molecule has 0 unspecified atom stereocenters. The minimum Gasteiger partial charge on any atom is -0.454 e. The molecule has 0 spiro atoms. The zero-order valence-corrected chi connectivity index (χ0v) is 15.2. The summed E-state index contributed by atoms with van der Waals surface area (Å²) in [6.45, 7) is 0.790. The number of aromatic nitrogens is 3. The number of pyridine rings is 1. The quantitative estimate of drug-likeness (QED) is 0.583. The van der Waals surface area contributed by atoms with Crippen LogP contribution in [0.1, 0.15) is 5.56 Å². The van der Waals surface area contributed by atoms with Crippen molar-refractivity contribution in [3.63, 3.8) is 0 Å². The van der Waals surface area contributed by atoms with Crippen LogP contribution in [0, 0.1) is 0 Å². The third kappa shape index (κ3) is 3.47. The Morgan fingerprint density at radius 3 is 2.73 bits per heavy atom. The summed E-state index contributed by atoms with van der Waals surface area (Å²) in [7, 11) is 0. The van der Waals surface area contributed by atoms with Crippen molar-refractivity contribution in [2.24, 2.45) is 0 Å². The summed E-state index contributed by atoms with van der Waals surface area (Å²) >= 11 is 3.35. The molecular formula is C17H15BrN6O2. The van der Waals surface area contributed by atoms with Gasteiger partial charge in [0, 0.05) is 17.2 Å². The first-order chi connectivity index (χ1) is 12.7. The molecule has 1 aromatic carbocycles. The Kier molecular flexibility index (Phi) is 4.44. The number of nitrogens with one attached hydrogen (secondary N) is 2. The number of hydrogen-bond acceptors (Lipinski definition) is 8. The highest BCUT2D eigenvalue weighted by molar-refractivity contribution is 9.10. The van der Waals surface area contributed by atoms with Crippen LogP contribution in [0.2, 0.25) is 0 Å². The summed E-state index contributed by atoms with van der Waals surface area (Å²) in [5.41, 5.74) is 7.62. The molecule has 1 aliphatic rings. The summed E-state index contributed by atoms with van der Waals surface area (Å²) in [5, 5.41) is 6.30. The van der Waals surface area contributed by atoms with E-state index < -0.39 is 0 Å². The Balaban J connectivity index is 1.47. The van der Waals surface area contributed by atoms with Gasteiger partial charge < -0.3 is 25.8 Å². The van der Waals surface area contributed by atoms with Crippen molar-refractivity contribution in [2.45, 2.75) is 6.54 Å². The first-order valence-electron chi connectivity index (χ1n) is 7.80. The van der Waals surface area contributed by atoms with E-state index in [0.717, 1.165) is 21.5 Å². The number of ether oxygens (including phenoxy) is 2. The standard InChI is InChI=1S/C17H15BrN6O2/c18-11-2-4-14(20-7-11)24-17-15(19)16(22-8-23-17)21-6-10-1-3-12-13(5-10)26-9-25-12/h1-5,7-8H,6,9,19H2,(H2,20,21,22,23,24). The van der Waals surface area contributed by atoms with Gasteiger partial charge in [0.2, 0.25) is 6.79 Å². The smallest absolute Gasteiger partial charge is 0.231 e. The Bertz CT molecular complexity index is 935. The van der Waals surface area contributed by atoms with Crippen LogP contribution in [-0.4, -0.2) is 21.7 Å². The molecule has 1 aliphatic heterocycles. The average molecular weight is 415 g/mol. The van der Waals surface area contributed by atoms with Crippen LogP contribution in [0.25, 0.3) is 0 Å². The number of nitrogens with zero attached hydrogens (tertiary/aromatic N) is 3. The predicted molar refractivity (Wildman–Crippen MR) is 102 cm³/mol. The van der Waals surface area contributed by atoms with Crippen LogP contribution in [0.5, 0.6) is 11.5 Å². The molecule has 0 fully saturated rings. The predicted octanol–water partition coefficient (Wildman–Crippen LogP) is 3.30. The van der Waals surface area contributed by atoms with Gasteiger partial charge >= 0.3 is 0 Å². The molecule has 0 bridgehead atoms. The molecule has 4 N–H and O–H groups in total. The van der Waals surface area contributed by atoms with Crippen molar-refractivity contribution in [1.29, 1.82) is 0 Å². The first-order valence-corrected chi connectivity index (χ1v) is 8.60. The molecule has 8 nitrogen and oxygen atoms in total. The first kappa shape index (κ1) is 16.4. The van der Waals surface area contributed by atoms with Crippen molar-refractivity contribution in [3.05, 3.63) is 52.9 Å². The Hall–Kier alpha value is -3.07. The summed E-state index contributed by atoms with van der Waals surface area (Å²) in [6, 6.07) is 9.48.